The SMILES string of the molecule is CC(C)(C)Nc1nc(Nc2cc(N3CCCC(O)C3)ccn2)cc2ccn(CCO)c(=O)c12. The predicted molar refractivity (Wildman–Crippen MR) is 131 cm³/mol. The summed E-state index contributed by atoms with van der Waals surface area (Å²) in [5, 5.41) is 27.1. The maximum Gasteiger partial charge on any atom is 0.262 e. The maximum atomic E-state index is 13.1. The lowest BCUT2D eigenvalue weighted by molar-refractivity contribution is 0.154. The second-order valence-corrected chi connectivity index (χ2v) is 9.50. The minimum Gasteiger partial charge on any atom is -0.395 e. The van der Waals surface area contributed by atoms with Crippen LogP contribution in [0.5, 0.6) is 0 Å². The van der Waals surface area contributed by atoms with Crippen LogP contribution in [0.2, 0.25) is 0 Å². The maximum absolute atomic E-state index is 13.1. The molecule has 4 heterocycles. The minimum absolute atomic E-state index is 0.115. The van der Waals surface area contributed by atoms with Crippen molar-refractivity contribution in [3.63, 3.8) is 0 Å². The van der Waals surface area contributed by atoms with E-state index >= 15 is 0 Å². The summed E-state index contributed by atoms with van der Waals surface area (Å²) >= 11 is 0. The summed E-state index contributed by atoms with van der Waals surface area (Å²) in [7, 11) is 0. The van der Waals surface area contributed by atoms with E-state index in [0.29, 0.717) is 29.4 Å². The molecule has 176 valence electrons. The van der Waals surface area contributed by atoms with Crippen molar-refractivity contribution >= 4 is 33.9 Å². The molecule has 4 N–H and O–H groups in total. The quantitative estimate of drug-likeness (QED) is 0.451. The molecule has 0 saturated carbocycles. The van der Waals surface area contributed by atoms with E-state index in [0.717, 1.165) is 30.5 Å². The lowest BCUT2D eigenvalue weighted by Gasteiger charge is -2.32. The van der Waals surface area contributed by atoms with Gasteiger partial charge in [-0.2, -0.15) is 0 Å². The molecule has 0 aliphatic carbocycles. The molecule has 0 aromatic carbocycles. The van der Waals surface area contributed by atoms with E-state index in [2.05, 4.69) is 20.5 Å². The van der Waals surface area contributed by atoms with Gasteiger partial charge in [0.05, 0.1) is 18.1 Å². The third kappa shape index (κ3) is 5.43. The van der Waals surface area contributed by atoms with E-state index in [-0.39, 0.29) is 30.4 Å². The summed E-state index contributed by atoms with van der Waals surface area (Å²) < 4.78 is 1.49. The molecule has 1 unspecified atom stereocenters. The Bertz CT molecular complexity index is 1190. The monoisotopic (exact) mass is 452 g/mol. The van der Waals surface area contributed by atoms with Crippen molar-refractivity contribution in [2.45, 2.75) is 51.8 Å². The standard InChI is InChI=1S/C24H32N6O3/c1-24(2,3)28-22-21-16(7-10-29(11-12-31)23(21)33)13-20(27-22)26-19-14-17(6-8-25-19)30-9-4-5-18(32)15-30/h6-8,10,13-14,18,31-32H,4-5,9,11-12,15H2,1-3H3,(H2,25,26,27,28). The molecule has 4 rings (SSSR count). The molecule has 1 atom stereocenters. The molecule has 33 heavy (non-hydrogen) atoms. The number of β-amino-alcohol motifs (C(OH)–C–C–N with tert-alkyl or cyclic N) is 1. The van der Waals surface area contributed by atoms with Crippen molar-refractivity contribution in [1.82, 2.24) is 14.5 Å². The number of piperidine rings is 1. The van der Waals surface area contributed by atoms with Crippen molar-refractivity contribution in [2.75, 3.05) is 35.2 Å². The zero-order chi connectivity index (χ0) is 23.6. The van der Waals surface area contributed by atoms with Crippen LogP contribution in [0.1, 0.15) is 33.6 Å². The first-order valence-electron chi connectivity index (χ1n) is 11.3. The molecule has 9 heteroatoms. The highest BCUT2D eigenvalue weighted by Gasteiger charge is 2.19. The van der Waals surface area contributed by atoms with E-state index in [4.69, 9.17) is 4.98 Å². The number of aromatic nitrogens is 3. The van der Waals surface area contributed by atoms with E-state index in [1.807, 2.05) is 45.0 Å². The number of hydrogen-bond donors (Lipinski definition) is 4. The van der Waals surface area contributed by atoms with E-state index in [1.165, 1.54) is 4.57 Å². The Hall–Kier alpha value is -3.17. The number of pyridine rings is 3. The van der Waals surface area contributed by atoms with Gasteiger partial charge < -0.3 is 30.3 Å². The summed E-state index contributed by atoms with van der Waals surface area (Å²) in [5.41, 5.74) is 0.485. The second kappa shape index (κ2) is 9.36. The van der Waals surface area contributed by atoms with Gasteiger partial charge in [0.1, 0.15) is 17.5 Å². The molecule has 3 aromatic heterocycles. The lowest BCUT2D eigenvalue weighted by Crippen LogP contribution is -2.38. The lowest BCUT2D eigenvalue weighted by atomic mass is 10.1. The Morgan fingerprint density at radius 3 is 2.76 bits per heavy atom. The van der Waals surface area contributed by atoms with Gasteiger partial charge in [-0.15, -0.1) is 0 Å². The first kappa shape index (κ1) is 23.0. The second-order valence-electron chi connectivity index (χ2n) is 9.50. The van der Waals surface area contributed by atoms with E-state index in [1.54, 1.807) is 12.4 Å². The number of hydrogen-bond acceptors (Lipinski definition) is 8. The Morgan fingerprint density at radius 2 is 2.03 bits per heavy atom. The molecule has 0 bridgehead atoms. The minimum atomic E-state index is -0.314. The van der Waals surface area contributed by atoms with Crippen LogP contribution in [0.25, 0.3) is 10.8 Å². The van der Waals surface area contributed by atoms with Crippen molar-refractivity contribution in [3.8, 4) is 0 Å². The topological polar surface area (TPSA) is 116 Å². The van der Waals surface area contributed by atoms with Gasteiger partial charge in [0.25, 0.3) is 5.56 Å². The molecular weight excluding hydrogens is 420 g/mol. The Kier molecular flexibility index (Phi) is 6.53. The van der Waals surface area contributed by atoms with Crippen LogP contribution < -0.4 is 21.1 Å². The summed E-state index contributed by atoms with van der Waals surface area (Å²) in [6, 6.07) is 7.56. The Labute approximate surface area is 193 Å². The van der Waals surface area contributed by atoms with Crippen LogP contribution in [-0.4, -0.2) is 56.1 Å². The third-order valence-corrected chi connectivity index (χ3v) is 5.55. The average Bonchev–Trinajstić information content (AvgIpc) is 2.75. The number of nitrogens with zero attached hydrogens (tertiary/aromatic N) is 4. The number of anilines is 4. The molecule has 1 aliphatic rings. The van der Waals surface area contributed by atoms with Gasteiger partial charge >= 0.3 is 0 Å². The normalized spacial score (nSPS) is 16.8. The molecule has 1 fully saturated rings. The first-order valence-corrected chi connectivity index (χ1v) is 11.3. The highest BCUT2D eigenvalue weighted by molar-refractivity contribution is 5.93. The molecule has 0 amide bonds. The number of fused-ring (bicyclic) bond motifs is 1. The van der Waals surface area contributed by atoms with Gasteiger partial charge in [0.15, 0.2) is 0 Å². The van der Waals surface area contributed by atoms with Gasteiger partial charge in [-0.25, -0.2) is 9.97 Å². The van der Waals surface area contributed by atoms with E-state index < -0.39 is 0 Å². The summed E-state index contributed by atoms with van der Waals surface area (Å²) in [4.78, 5) is 24.4. The fourth-order valence-corrected chi connectivity index (χ4v) is 4.10. The molecule has 0 radical (unpaired) electrons. The predicted octanol–water partition coefficient (Wildman–Crippen LogP) is 2.70. The molecule has 3 aromatic rings. The first-order chi connectivity index (χ1) is 15.7. The van der Waals surface area contributed by atoms with Crippen molar-refractivity contribution in [1.29, 1.82) is 0 Å². The highest BCUT2D eigenvalue weighted by atomic mass is 16.3. The fourth-order valence-electron chi connectivity index (χ4n) is 4.10. The average molecular weight is 453 g/mol. The molecular formula is C24H32N6O3. The summed E-state index contributed by atoms with van der Waals surface area (Å²) in [6.45, 7) is 7.64. The van der Waals surface area contributed by atoms with Crippen LogP contribution >= 0.6 is 0 Å². The largest absolute Gasteiger partial charge is 0.395 e. The van der Waals surface area contributed by atoms with E-state index in [9.17, 15) is 15.0 Å². The van der Waals surface area contributed by atoms with Gasteiger partial charge in [-0.3, -0.25) is 4.79 Å². The highest BCUT2D eigenvalue weighted by Crippen LogP contribution is 2.27. The van der Waals surface area contributed by atoms with Crippen molar-refractivity contribution in [3.05, 3.63) is 47.0 Å². The molecule has 0 spiro atoms. The number of nitrogens with one attached hydrogen (secondary N) is 2. The number of rotatable bonds is 6. The van der Waals surface area contributed by atoms with Crippen LogP contribution in [0.3, 0.4) is 0 Å². The number of aliphatic hydroxyl groups excluding tert-OH is 2. The smallest absolute Gasteiger partial charge is 0.262 e. The van der Waals surface area contributed by atoms with Crippen molar-refractivity contribution in [2.24, 2.45) is 0 Å². The van der Waals surface area contributed by atoms with Gasteiger partial charge in [-0.1, -0.05) is 0 Å². The van der Waals surface area contributed by atoms with Gasteiger partial charge in [-0.05, 0) is 57.2 Å². The molecule has 1 aliphatic heterocycles. The molecule has 1 saturated heterocycles. The number of aliphatic hydroxyl groups is 2. The Balaban J connectivity index is 1.70. The van der Waals surface area contributed by atoms with Gasteiger partial charge in [0, 0.05) is 49.3 Å². The summed E-state index contributed by atoms with van der Waals surface area (Å²) in [5.74, 6) is 1.68. The van der Waals surface area contributed by atoms with Gasteiger partial charge in [0.2, 0.25) is 0 Å². The van der Waals surface area contributed by atoms with Crippen molar-refractivity contribution < 1.29 is 10.2 Å². The van der Waals surface area contributed by atoms with Crippen LogP contribution in [0.4, 0.5) is 23.1 Å². The zero-order valence-electron chi connectivity index (χ0n) is 19.4. The van der Waals surface area contributed by atoms with Crippen LogP contribution in [-0.2, 0) is 6.54 Å². The Morgan fingerprint density at radius 1 is 1.21 bits per heavy atom. The summed E-state index contributed by atoms with van der Waals surface area (Å²) in [6.07, 6.45) is 4.89. The van der Waals surface area contributed by atoms with Crippen LogP contribution in [0, 0.1) is 0 Å². The van der Waals surface area contributed by atoms with Crippen LogP contribution in [0.15, 0.2) is 41.5 Å². The third-order valence-electron chi connectivity index (χ3n) is 5.55. The fraction of sp³-hybridized carbons (Fsp3) is 0.458. The molecule has 9 nitrogen and oxygen atoms in total. The zero-order valence-corrected chi connectivity index (χ0v) is 19.4.